The highest BCUT2D eigenvalue weighted by Gasteiger charge is 2.26. The average Bonchev–Trinajstić information content (AvgIpc) is 2.72. The lowest BCUT2D eigenvalue weighted by atomic mass is 10.1. The van der Waals surface area contributed by atoms with Crippen molar-refractivity contribution >= 4 is 23.8 Å². The molecule has 30 heavy (non-hydrogen) atoms. The Hall–Kier alpha value is -3.68. The van der Waals surface area contributed by atoms with Crippen molar-refractivity contribution < 1.29 is 28.7 Å². The Morgan fingerprint density at radius 1 is 0.667 bits per heavy atom. The second kappa shape index (κ2) is 9.21. The Morgan fingerprint density at radius 3 is 1.37 bits per heavy atom. The largest absolute Gasteiger partial charge is 0.427 e. The number of esters is 2. The predicted octanol–water partition coefficient (Wildman–Crippen LogP) is 2.14. The minimum absolute atomic E-state index is 0.187. The SMILES string of the molecule is CC(=O)Oc1cccc(C(=O)N2CCN(C(=O)c3cccc(OC(C)=O)c3)CC2)c1. The van der Waals surface area contributed by atoms with Crippen LogP contribution in [0.1, 0.15) is 34.6 Å². The Balaban J connectivity index is 1.62. The summed E-state index contributed by atoms with van der Waals surface area (Å²) in [6.07, 6.45) is 0. The third-order valence-corrected chi connectivity index (χ3v) is 4.54. The molecule has 156 valence electrons. The first kappa shape index (κ1) is 21.0. The molecule has 8 heteroatoms. The van der Waals surface area contributed by atoms with Gasteiger partial charge in [-0.25, -0.2) is 0 Å². The van der Waals surface area contributed by atoms with Gasteiger partial charge < -0.3 is 19.3 Å². The molecular formula is C22H22N2O6. The van der Waals surface area contributed by atoms with Gasteiger partial charge in [0.1, 0.15) is 11.5 Å². The standard InChI is InChI=1S/C22H22N2O6/c1-15(25)29-19-7-3-5-17(13-19)21(27)23-9-11-24(12-10-23)22(28)18-6-4-8-20(14-18)30-16(2)26/h3-8,13-14H,9-12H2,1-2H3. The minimum atomic E-state index is -0.454. The molecule has 0 saturated carbocycles. The van der Waals surface area contributed by atoms with Crippen molar-refractivity contribution in [3.05, 3.63) is 59.7 Å². The number of piperazine rings is 1. The Bertz CT molecular complexity index is 900. The Labute approximate surface area is 174 Å². The van der Waals surface area contributed by atoms with Crippen LogP contribution < -0.4 is 9.47 Å². The summed E-state index contributed by atoms with van der Waals surface area (Å²) in [5.74, 6) is -0.653. The zero-order valence-electron chi connectivity index (χ0n) is 16.8. The molecule has 1 aliphatic heterocycles. The molecule has 0 bridgehead atoms. The van der Waals surface area contributed by atoms with Crippen molar-refractivity contribution in [1.29, 1.82) is 0 Å². The summed E-state index contributed by atoms with van der Waals surface area (Å²) in [6.45, 7) is 4.12. The summed E-state index contributed by atoms with van der Waals surface area (Å²) in [5.41, 5.74) is 0.838. The summed E-state index contributed by atoms with van der Waals surface area (Å²) in [7, 11) is 0. The highest BCUT2D eigenvalue weighted by molar-refractivity contribution is 5.96. The molecule has 1 aliphatic rings. The molecule has 3 rings (SSSR count). The van der Waals surface area contributed by atoms with E-state index >= 15 is 0 Å². The Kier molecular flexibility index (Phi) is 6.46. The lowest BCUT2D eigenvalue weighted by Gasteiger charge is -2.35. The zero-order chi connectivity index (χ0) is 21.7. The van der Waals surface area contributed by atoms with Crippen molar-refractivity contribution in [2.75, 3.05) is 26.2 Å². The molecule has 0 unspecified atom stereocenters. The van der Waals surface area contributed by atoms with Crippen LogP contribution in [0.25, 0.3) is 0 Å². The first-order chi connectivity index (χ1) is 14.3. The zero-order valence-corrected chi connectivity index (χ0v) is 16.8. The van der Waals surface area contributed by atoms with Gasteiger partial charge in [-0.2, -0.15) is 0 Å². The number of ether oxygens (including phenoxy) is 2. The summed E-state index contributed by atoms with van der Waals surface area (Å²) in [6, 6.07) is 12.9. The quantitative estimate of drug-likeness (QED) is 0.566. The van der Waals surface area contributed by atoms with Crippen LogP contribution in [0.3, 0.4) is 0 Å². The molecule has 0 N–H and O–H groups in total. The van der Waals surface area contributed by atoms with Crippen LogP contribution in [0.5, 0.6) is 11.5 Å². The van der Waals surface area contributed by atoms with Gasteiger partial charge in [-0.1, -0.05) is 12.1 Å². The number of carbonyl (C=O) groups is 4. The molecule has 0 atom stereocenters. The van der Waals surface area contributed by atoms with Crippen LogP contribution in [0.15, 0.2) is 48.5 Å². The number of nitrogens with zero attached hydrogens (tertiary/aromatic N) is 2. The highest BCUT2D eigenvalue weighted by Crippen LogP contribution is 2.19. The fourth-order valence-corrected chi connectivity index (χ4v) is 3.19. The van der Waals surface area contributed by atoms with Crippen LogP contribution in [-0.2, 0) is 9.59 Å². The van der Waals surface area contributed by atoms with Crippen LogP contribution in [0.4, 0.5) is 0 Å². The van der Waals surface area contributed by atoms with E-state index in [-0.39, 0.29) is 11.8 Å². The molecule has 0 aromatic heterocycles. The van der Waals surface area contributed by atoms with E-state index in [2.05, 4.69) is 0 Å². The fourth-order valence-electron chi connectivity index (χ4n) is 3.19. The minimum Gasteiger partial charge on any atom is -0.427 e. The summed E-state index contributed by atoms with van der Waals surface area (Å²) < 4.78 is 10.1. The van der Waals surface area contributed by atoms with Crippen LogP contribution in [-0.4, -0.2) is 59.7 Å². The van der Waals surface area contributed by atoms with E-state index in [1.807, 2.05) is 0 Å². The maximum atomic E-state index is 12.8. The van der Waals surface area contributed by atoms with Gasteiger partial charge in [0.25, 0.3) is 11.8 Å². The van der Waals surface area contributed by atoms with E-state index in [4.69, 9.17) is 9.47 Å². The van der Waals surface area contributed by atoms with Crippen LogP contribution in [0.2, 0.25) is 0 Å². The van der Waals surface area contributed by atoms with Gasteiger partial charge in [0, 0.05) is 51.2 Å². The molecule has 0 aliphatic carbocycles. The lowest BCUT2D eigenvalue weighted by Crippen LogP contribution is -2.50. The number of benzene rings is 2. The van der Waals surface area contributed by atoms with Crippen LogP contribution in [0, 0.1) is 0 Å². The third-order valence-electron chi connectivity index (χ3n) is 4.54. The van der Waals surface area contributed by atoms with Gasteiger partial charge in [-0.15, -0.1) is 0 Å². The van der Waals surface area contributed by atoms with Gasteiger partial charge in [0.05, 0.1) is 0 Å². The summed E-state index contributed by atoms with van der Waals surface area (Å²) in [4.78, 5) is 51.1. The van der Waals surface area contributed by atoms with E-state index in [1.165, 1.54) is 26.0 Å². The van der Waals surface area contributed by atoms with Gasteiger partial charge in [0.15, 0.2) is 0 Å². The first-order valence-electron chi connectivity index (χ1n) is 9.49. The van der Waals surface area contributed by atoms with Crippen molar-refractivity contribution in [2.45, 2.75) is 13.8 Å². The number of hydrogen-bond acceptors (Lipinski definition) is 6. The van der Waals surface area contributed by atoms with Gasteiger partial charge in [-0.05, 0) is 36.4 Å². The highest BCUT2D eigenvalue weighted by atomic mass is 16.5. The Morgan fingerprint density at radius 2 is 1.03 bits per heavy atom. The molecule has 8 nitrogen and oxygen atoms in total. The second-order valence-electron chi connectivity index (χ2n) is 6.83. The molecule has 2 aromatic carbocycles. The van der Waals surface area contributed by atoms with Gasteiger partial charge >= 0.3 is 11.9 Å². The molecule has 1 heterocycles. The predicted molar refractivity (Wildman–Crippen MR) is 107 cm³/mol. The average molecular weight is 410 g/mol. The van der Waals surface area contributed by atoms with E-state index in [9.17, 15) is 19.2 Å². The molecule has 1 saturated heterocycles. The van der Waals surface area contributed by atoms with Crippen molar-refractivity contribution in [1.82, 2.24) is 9.80 Å². The molecule has 2 amide bonds. The fraction of sp³-hybridized carbons (Fsp3) is 0.273. The second-order valence-corrected chi connectivity index (χ2v) is 6.83. The van der Waals surface area contributed by atoms with Crippen molar-refractivity contribution in [3.63, 3.8) is 0 Å². The van der Waals surface area contributed by atoms with E-state index in [0.717, 1.165) is 0 Å². The monoisotopic (exact) mass is 410 g/mol. The van der Waals surface area contributed by atoms with E-state index in [1.54, 1.807) is 46.2 Å². The van der Waals surface area contributed by atoms with Gasteiger partial charge in [0.2, 0.25) is 0 Å². The molecule has 0 spiro atoms. The number of hydrogen-bond donors (Lipinski definition) is 0. The van der Waals surface area contributed by atoms with Crippen molar-refractivity contribution in [3.8, 4) is 11.5 Å². The number of rotatable bonds is 4. The van der Waals surface area contributed by atoms with Gasteiger partial charge in [-0.3, -0.25) is 19.2 Å². The number of carbonyl (C=O) groups excluding carboxylic acids is 4. The first-order valence-corrected chi connectivity index (χ1v) is 9.49. The van der Waals surface area contributed by atoms with Crippen molar-refractivity contribution in [2.24, 2.45) is 0 Å². The molecular weight excluding hydrogens is 388 g/mol. The van der Waals surface area contributed by atoms with Crippen LogP contribution >= 0.6 is 0 Å². The number of amides is 2. The lowest BCUT2D eigenvalue weighted by molar-refractivity contribution is -0.132. The normalized spacial score (nSPS) is 13.5. The third kappa shape index (κ3) is 5.22. The molecule has 0 radical (unpaired) electrons. The summed E-state index contributed by atoms with van der Waals surface area (Å²) in [5, 5.41) is 0. The topological polar surface area (TPSA) is 93.2 Å². The summed E-state index contributed by atoms with van der Waals surface area (Å²) >= 11 is 0. The van der Waals surface area contributed by atoms with E-state index < -0.39 is 11.9 Å². The van der Waals surface area contributed by atoms with E-state index in [0.29, 0.717) is 48.8 Å². The maximum absolute atomic E-state index is 12.8. The molecule has 2 aromatic rings. The smallest absolute Gasteiger partial charge is 0.308 e. The maximum Gasteiger partial charge on any atom is 0.308 e. The molecule has 1 fully saturated rings.